The van der Waals surface area contributed by atoms with E-state index in [2.05, 4.69) is 15.9 Å². The van der Waals surface area contributed by atoms with Gasteiger partial charge in [0.1, 0.15) is 4.83 Å². The van der Waals surface area contributed by atoms with Crippen molar-refractivity contribution < 1.29 is 13.2 Å². The maximum Gasteiger partial charge on any atom is 0.405 e. The molecule has 0 heterocycles. The number of alkyl halides is 4. The Bertz CT molecular complexity index is 376. The molecule has 0 aliphatic rings. The van der Waals surface area contributed by atoms with Crippen molar-refractivity contribution in [2.75, 3.05) is 0 Å². The van der Waals surface area contributed by atoms with E-state index in [9.17, 15) is 13.2 Å². The van der Waals surface area contributed by atoms with Crippen molar-refractivity contribution in [3.8, 4) is 0 Å². The number of hydrogen-bond donors (Lipinski definition) is 0. The molecule has 0 N–H and O–H groups in total. The summed E-state index contributed by atoms with van der Waals surface area (Å²) < 4.78 is 37.3. The molecule has 0 bridgehead atoms. The zero-order valence-corrected chi connectivity index (χ0v) is 10.6. The van der Waals surface area contributed by atoms with Gasteiger partial charge < -0.3 is 0 Å². The largest absolute Gasteiger partial charge is 0.405 e. The molecule has 0 aromatic heterocycles. The van der Waals surface area contributed by atoms with Crippen molar-refractivity contribution in [2.45, 2.75) is 17.9 Å². The van der Waals surface area contributed by atoms with Crippen LogP contribution in [0.1, 0.15) is 16.0 Å². The van der Waals surface area contributed by atoms with Crippen LogP contribution in [0, 0.1) is 6.92 Å². The van der Waals surface area contributed by atoms with Gasteiger partial charge in [-0.25, -0.2) is 0 Å². The minimum Gasteiger partial charge on any atom is -0.169 e. The van der Waals surface area contributed by atoms with E-state index in [1.165, 1.54) is 19.1 Å². The highest BCUT2D eigenvalue weighted by atomic mass is 79.9. The average molecular weight is 322 g/mol. The Morgan fingerprint density at radius 2 is 1.80 bits per heavy atom. The van der Waals surface area contributed by atoms with Crippen LogP contribution in [0.4, 0.5) is 13.2 Å². The van der Waals surface area contributed by atoms with Gasteiger partial charge in [0.05, 0.1) is 10.0 Å². The Hall–Kier alpha value is 0.0700. The van der Waals surface area contributed by atoms with Gasteiger partial charge in [-0.3, -0.25) is 0 Å². The number of halogens is 6. The fourth-order valence-corrected chi connectivity index (χ4v) is 1.99. The summed E-state index contributed by atoms with van der Waals surface area (Å²) in [6, 6.07) is 2.67. The van der Waals surface area contributed by atoms with Gasteiger partial charge in [-0.1, -0.05) is 45.2 Å². The number of benzene rings is 1. The summed E-state index contributed by atoms with van der Waals surface area (Å²) in [5.74, 6) is 0. The van der Waals surface area contributed by atoms with Crippen molar-refractivity contribution in [3.63, 3.8) is 0 Å². The van der Waals surface area contributed by atoms with Gasteiger partial charge in [0.2, 0.25) is 0 Å². The van der Waals surface area contributed by atoms with E-state index < -0.39 is 11.0 Å². The quantitative estimate of drug-likeness (QED) is 0.616. The molecule has 0 aliphatic heterocycles. The lowest BCUT2D eigenvalue weighted by Gasteiger charge is -2.17. The summed E-state index contributed by atoms with van der Waals surface area (Å²) in [5.41, 5.74) is 0.417. The molecule has 1 unspecified atom stereocenters. The Labute approximate surface area is 103 Å². The first-order valence-electron chi connectivity index (χ1n) is 3.90. The highest BCUT2D eigenvalue weighted by Crippen LogP contribution is 2.43. The molecule has 0 aliphatic carbocycles. The Balaban J connectivity index is 3.23. The van der Waals surface area contributed by atoms with E-state index in [1.54, 1.807) is 0 Å². The van der Waals surface area contributed by atoms with E-state index in [0.717, 1.165) is 0 Å². The third-order valence-electron chi connectivity index (χ3n) is 1.94. The maximum atomic E-state index is 12.4. The Kier molecular flexibility index (Phi) is 3.95. The molecular weight excluding hydrogens is 316 g/mol. The smallest absolute Gasteiger partial charge is 0.169 e. The molecule has 15 heavy (non-hydrogen) atoms. The van der Waals surface area contributed by atoms with E-state index in [-0.39, 0.29) is 15.6 Å². The van der Waals surface area contributed by atoms with Crippen LogP contribution in [-0.2, 0) is 0 Å². The molecule has 0 fully saturated rings. The lowest BCUT2D eigenvalue weighted by molar-refractivity contribution is -0.128. The van der Waals surface area contributed by atoms with Gasteiger partial charge in [-0.15, -0.1) is 0 Å². The molecule has 84 valence electrons. The molecule has 0 saturated heterocycles. The van der Waals surface area contributed by atoms with Crippen molar-refractivity contribution in [2.24, 2.45) is 0 Å². The molecule has 0 spiro atoms. The first-order chi connectivity index (χ1) is 6.75. The van der Waals surface area contributed by atoms with Crippen LogP contribution >= 0.6 is 39.1 Å². The van der Waals surface area contributed by atoms with Crippen LogP contribution in [0.5, 0.6) is 0 Å². The van der Waals surface area contributed by atoms with E-state index in [0.29, 0.717) is 5.56 Å². The molecule has 1 atom stereocenters. The molecule has 0 radical (unpaired) electrons. The van der Waals surface area contributed by atoms with Crippen LogP contribution in [-0.4, -0.2) is 6.18 Å². The zero-order valence-electron chi connectivity index (χ0n) is 7.50. The van der Waals surface area contributed by atoms with Gasteiger partial charge in [-0.2, -0.15) is 13.2 Å². The molecule has 0 nitrogen and oxygen atoms in total. The van der Waals surface area contributed by atoms with Gasteiger partial charge in [-0.05, 0) is 24.1 Å². The van der Waals surface area contributed by atoms with E-state index >= 15 is 0 Å². The van der Waals surface area contributed by atoms with Crippen LogP contribution in [0.15, 0.2) is 12.1 Å². The molecule has 1 aromatic rings. The zero-order chi connectivity index (χ0) is 11.8. The highest BCUT2D eigenvalue weighted by molar-refractivity contribution is 9.09. The summed E-state index contributed by atoms with van der Waals surface area (Å²) in [7, 11) is 0. The average Bonchev–Trinajstić information content (AvgIpc) is 2.12. The molecular formula is C9H6BrCl2F3. The van der Waals surface area contributed by atoms with Gasteiger partial charge >= 0.3 is 6.18 Å². The predicted octanol–water partition coefficient (Wildman–Crippen LogP) is 5.30. The second-order valence-electron chi connectivity index (χ2n) is 2.98. The summed E-state index contributed by atoms with van der Waals surface area (Å²) in [6.07, 6.45) is -4.35. The fraction of sp³-hybridized carbons (Fsp3) is 0.333. The first-order valence-corrected chi connectivity index (χ1v) is 5.57. The van der Waals surface area contributed by atoms with Crippen LogP contribution in [0.25, 0.3) is 0 Å². The summed E-state index contributed by atoms with van der Waals surface area (Å²) >= 11 is 14.0. The second kappa shape index (κ2) is 4.52. The van der Waals surface area contributed by atoms with Crippen molar-refractivity contribution in [1.29, 1.82) is 0 Å². The van der Waals surface area contributed by atoms with Crippen molar-refractivity contribution in [1.82, 2.24) is 0 Å². The van der Waals surface area contributed by atoms with Crippen LogP contribution in [0.2, 0.25) is 10.0 Å². The summed E-state index contributed by atoms with van der Waals surface area (Å²) in [4.78, 5) is -1.72. The lowest BCUT2D eigenvalue weighted by Crippen LogP contribution is -2.16. The molecule has 1 aromatic carbocycles. The number of hydrogen-bond acceptors (Lipinski definition) is 0. The third kappa shape index (κ3) is 2.80. The minimum absolute atomic E-state index is 0.0805. The lowest BCUT2D eigenvalue weighted by atomic mass is 10.1. The summed E-state index contributed by atoms with van der Waals surface area (Å²) in [6.45, 7) is 1.50. The standard InChI is InChI=1S/C9H6BrCl2F3/c1-4-5(8(10)9(13,14)15)2-3-6(11)7(4)12/h2-3,8H,1H3. The normalized spacial score (nSPS) is 14.1. The highest BCUT2D eigenvalue weighted by Gasteiger charge is 2.39. The van der Waals surface area contributed by atoms with Gasteiger partial charge in [0.15, 0.2) is 0 Å². The van der Waals surface area contributed by atoms with Gasteiger partial charge in [0.25, 0.3) is 0 Å². The fourth-order valence-electron chi connectivity index (χ4n) is 1.12. The van der Waals surface area contributed by atoms with Gasteiger partial charge in [0, 0.05) is 0 Å². The van der Waals surface area contributed by atoms with Crippen molar-refractivity contribution in [3.05, 3.63) is 33.3 Å². The molecule has 1 rings (SSSR count). The Morgan fingerprint density at radius 3 is 2.27 bits per heavy atom. The third-order valence-corrected chi connectivity index (χ3v) is 3.85. The molecule has 6 heteroatoms. The van der Waals surface area contributed by atoms with Crippen LogP contribution in [0.3, 0.4) is 0 Å². The minimum atomic E-state index is -4.35. The topological polar surface area (TPSA) is 0 Å². The van der Waals surface area contributed by atoms with Crippen molar-refractivity contribution >= 4 is 39.1 Å². The molecule has 0 amide bonds. The summed E-state index contributed by atoms with van der Waals surface area (Å²) in [5, 5.41) is 0.405. The first kappa shape index (κ1) is 13.1. The van der Waals surface area contributed by atoms with E-state index in [1.807, 2.05) is 0 Å². The van der Waals surface area contributed by atoms with Crippen LogP contribution < -0.4 is 0 Å². The molecule has 0 saturated carbocycles. The number of rotatable bonds is 1. The monoisotopic (exact) mass is 320 g/mol. The Morgan fingerprint density at radius 1 is 1.27 bits per heavy atom. The SMILES string of the molecule is Cc1c(C(Br)C(F)(F)F)ccc(Cl)c1Cl. The van der Waals surface area contributed by atoms with E-state index in [4.69, 9.17) is 23.2 Å². The maximum absolute atomic E-state index is 12.4. The second-order valence-corrected chi connectivity index (χ2v) is 4.68. The predicted molar refractivity (Wildman–Crippen MR) is 58.9 cm³/mol.